The zero-order chi connectivity index (χ0) is 9.42. The Hall–Kier alpha value is -0.640. The summed E-state index contributed by atoms with van der Waals surface area (Å²) in [6, 6.07) is 0. The van der Waals surface area contributed by atoms with E-state index in [-0.39, 0.29) is 6.17 Å². The van der Waals surface area contributed by atoms with Crippen molar-refractivity contribution < 1.29 is 5.32 Å². The molecule has 0 saturated carbocycles. The second-order valence-electron chi connectivity index (χ2n) is 4.16. The van der Waals surface area contributed by atoms with Crippen molar-refractivity contribution in [3.63, 3.8) is 0 Å². The van der Waals surface area contributed by atoms with Gasteiger partial charge in [-0.05, 0) is 18.8 Å². The van der Waals surface area contributed by atoms with Crippen LogP contribution >= 0.6 is 0 Å². The number of hydrogen-bond donors (Lipinski definition) is 3. The molecule has 3 heteroatoms. The lowest BCUT2D eigenvalue weighted by molar-refractivity contribution is -0.554. The van der Waals surface area contributed by atoms with Crippen molar-refractivity contribution in [2.75, 3.05) is 0 Å². The van der Waals surface area contributed by atoms with Crippen molar-refractivity contribution in [3.8, 4) is 0 Å². The minimum Gasteiger partial charge on any atom is -0.316 e. The summed E-state index contributed by atoms with van der Waals surface area (Å²) in [7, 11) is 0. The van der Waals surface area contributed by atoms with Gasteiger partial charge in [-0.2, -0.15) is 0 Å². The molecule has 0 radical (unpaired) electrons. The zero-order valence-electron chi connectivity index (χ0n) is 8.09. The lowest BCUT2D eigenvalue weighted by atomic mass is 9.86. The van der Waals surface area contributed by atoms with Crippen LogP contribution in [0.1, 0.15) is 26.2 Å². The molecule has 0 saturated heterocycles. The summed E-state index contributed by atoms with van der Waals surface area (Å²) in [5, 5.41) is 2.27. The summed E-state index contributed by atoms with van der Waals surface area (Å²) >= 11 is 0. The van der Waals surface area contributed by atoms with E-state index < -0.39 is 0 Å². The standard InChI is InChI=1S/C10H17N3/c1-6-4-7-2-3-8(10(11)12)5-9(7)13-6/h4,8,10,13H,2-3,5,11-12H2,1H3/p+1. The molecule has 1 heterocycles. The molecular weight excluding hydrogens is 162 g/mol. The Labute approximate surface area is 78.9 Å². The van der Waals surface area contributed by atoms with Crippen LogP contribution in [-0.2, 0) is 0 Å². The Morgan fingerprint density at radius 1 is 1.54 bits per heavy atom. The van der Waals surface area contributed by atoms with Crippen LogP contribution in [0.15, 0.2) is 23.0 Å². The van der Waals surface area contributed by atoms with Gasteiger partial charge >= 0.3 is 0 Å². The molecule has 0 amide bonds. The van der Waals surface area contributed by atoms with Crippen LogP contribution in [-0.4, -0.2) is 6.17 Å². The highest BCUT2D eigenvalue weighted by Gasteiger charge is 2.28. The maximum atomic E-state index is 5.71. The van der Waals surface area contributed by atoms with E-state index in [4.69, 9.17) is 11.5 Å². The Kier molecular flexibility index (Phi) is 2.24. The van der Waals surface area contributed by atoms with E-state index in [9.17, 15) is 0 Å². The molecule has 0 fully saturated rings. The first-order chi connectivity index (χ1) is 6.16. The van der Waals surface area contributed by atoms with Gasteiger partial charge in [-0.3, -0.25) is 5.32 Å². The van der Waals surface area contributed by atoms with E-state index in [1.54, 1.807) is 0 Å². The van der Waals surface area contributed by atoms with Gasteiger partial charge in [0, 0.05) is 25.0 Å². The van der Waals surface area contributed by atoms with Crippen LogP contribution in [0, 0.1) is 5.92 Å². The monoisotopic (exact) mass is 180 g/mol. The van der Waals surface area contributed by atoms with Crippen LogP contribution in [0.3, 0.4) is 0 Å². The van der Waals surface area contributed by atoms with Crippen LogP contribution in [0.4, 0.5) is 0 Å². The number of hydrogen-bond acceptors (Lipinski definition) is 2. The molecule has 2 aliphatic rings. The highest BCUT2D eigenvalue weighted by Crippen LogP contribution is 2.29. The first kappa shape index (κ1) is 8.94. The fourth-order valence-corrected chi connectivity index (χ4v) is 2.25. The van der Waals surface area contributed by atoms with Crippen LogP contribution < -0.4 is 16.8 Å². The predicted octanol–water partition coefficient (Wildman–Crippen LogP) is -0.235. The number of nitrogens with two attached hydrogens (primary N) is 3. The molecule has 0 aromatic heterocycles. The topological polar surface area (TPSA) is 68.7 Å². The van der Waals surface area contributed by atoms with Gasteiger partial charge in [0.2, 0.25) is 0 Å². The fraction of sp³-hybridized carbons (Fsp3) is 0.600. The van der Waals surface area contributed by atoms with Gasteiger partial charge < -0.3 is 11.5 Å². The lowest BCUT2D eigenvalue weighted by Gasteiger charge is -2.24. The molecule has 2 rings (SSSR count). The smallest absolute Gasteiger partial charge is 0.114 e. The van der Waals surface area contributed by atoms with Crippen LogP contribution in [0.2, 0.25) is 0 Å². The minimum absolute atomic E-state index is 0.150. The van der Waals surface area contributed by atoms with Gasteiger partial charge in [0.25, 0.3) is 0 Å². The number of rotatable bonds is 1. The average Bonchev–Trinajstić information content (AvgIpc) is 2.42. The van der Waals surface area contributed by atoms with Crippen molar-refractivity contribution in [1.82, 2.24) is 0 Å². The van der Waals surface area contributed by atoms with Crippen molar-refractivity contribution in [1.29, 1.82) is 0 Å². The summed E-state index contributed by atoms with van der Waals surface area (Å²) in [5.41, 5.74) is 15.8. The third-order valence-corrected chi connectivity index (χ3v) is 3.03. The highest BCUT2D eigenvalue weighted by molar-refractivity contribution is 5.29. The molecule has 0 spiro atoms. The molecule has 0 aromatic rings. The van der Waals surface area contributed by atoms with Crippen LogP contribution in [0.25, 0.3) is 0 Å². The third kappa shape index (κ3) is 1.68. The fourth-order valence-electron chi connectivity index (χ4n) is 2.25. The summed E-state index contributed by atoms with van der Waals surface area (Å²) in [5.74, 6) is 0.481. The van der Waals surface area contributed by atoms with Crippen molar-refractivity contribution in [3.05, 3.63) is 23.0 Å². The predicted molar refractivity (Wildman–Crippen MR) is 52.2 cm³/mol. The molecule has 0 bridgehead atoms. The Morgan fingerprint density at radius 3 is 3.00 bits per heavy atom. The molecule has 3 nitrogen and oxygen atoms in total. The van der Waals surface area contributed by atoms with E-state index in [2.05, 4.69) is 18.3 Å². The molecule has 13 heavy (non-hydrogen) atoms. The minimum atomic E-state index is -0.150. The molecule has 1 unspecified atom stereocenters. The second kappa shape index (κ2) is 3.25. The molecule has 6 N–H and O–H groups in total. The quantitative estimate of drug-likeness (QED) is 0.488. The van der Waals surface area contributed by atoms with Crippen molar-refractivity contribution >= 4 is 0 Å². The second-order valence-corrected chi connectivity index (χ2v) is 4.16. The largest absolute Gasteiger partial charge is 0.316 e. The Bertz CT molecular complexity index is 276. The van der Waals surface area contributed by atoms with Crippen LogP contribution in [0.5, 0.6) is 0 Å². The summed E-state index contributed by atoms with van der Waals surface area (Å²) in [6.45, 7) is 2.15. The summed E-state index contributed by atoms with van der Waals surface area (Å²) in [6.07, 6.45) is 5.50. The highest BCUT2D eigenvalue weighted by atomic mass is 14.9. The molecule has 1 atom stereocenters. The first-order valence-corrected chi connectivity index (χ1v) is 4.93. The summed E-state index contributed by atoms with van der Waals surface area (Å²) in [4.78, 5) is 0. The maximum absolute atomic E-state index is 5.71. The van der Waals surface area contributed by atoms with Gasteiger partial charge in [0.05, 0.1) is 6.17 Å². The lowest BCUT2D eigenvalue weighted by Crippen LogP contribution is -2.78. The van der Waals surface area contributed by atoms with E-state index >= 15 is 0 Å². The number of allylic oxidation sites excluding steroid dienone is 4. The van der Waals surface area contributed by atoms with Gasteiger partial charge in [0.1, 0.15) is 11.4 Å². The van der Waals surface area contributed by atoms with Gasteiger partial charge in [-0.15, -0.1) is 0 Å². The van der Waals surface area contributed by atoms with E-state index in [1.807, 2.05) is 0 Å². The molecule has 72 valence electrons. The maximum Gasteiger partial charge on any atom is 0.114 e. The summed E-state index contributed by atoms with van der Waals surface area (Å²) < 4.78 is 0. The van der Waals surface area contributed by atoms with E-state index in [1.165, 1.54) is 17.0 Å². The van der Waals surface area contributed by atoms with Crippen molar-refractivity contribution in [2.45, 2.75) is 32.4 Å². The molecule has 0 aromatic carbocycles. The van der Waals surface area contributed by atoms with E-state index in [0.29, 0.717) is 5.92 Å². The first-order valence-electron chi connectivity index (χ1n) is 4.93. The molecule has 1 aliphatic heterocycles. The Balaban J connectivity index is 2.07. The zero-order valence-corrected chi connectivity index (χ0v) is 8.09. The van der Waals surface area contributed by atoms with Gasteiger partial charge in [-0.25, -0.2) is 0 Å². The van der Waals surface area contributed by atoms with Gasteiger partial charge in [-0.1, -0.05) is 0 Å². The Morgan fingerprint density at radius 2 is 2.31 bits per heavy atom. The molecule has 1 aliphatic carbocycles. The third-order valence-electron chi connectivity index (χ3n) is 3.03. The molecular formula is C10H18N3+. The van der Waals surface area contributed by atoms with Crippen molar-refractivity contribution in [2.24, 2.45) is 17.4 Å². The average molecular weight is 180 g/mol. The normalized spacial score (nSPS) is 28.0. The van der Waals surface area contributed by atoms with Gasteiger partial charge in [0.15, 0.2) is 0 Å². The number of quaternary nitrogens is 1. The SMILES string of the molecule is CC1=CC2=C(CC(C(N)N)CC2)[NH2+]1. The van der Waals surface area contributed by atoms with E-state index in [0.717, 1.165) is 19.3 Å².